The van der Waals surface area contributed by atoms with Gasteiger partial charge in [-0.1, -0.05) is 18.2 Å². The van der Waals surface area contributed by atoms with Gasteiger partial charge in [0, 0.05) is 11.8 Å². The molecule has 0 bridgehead atoms. The Bertz CT molecular complexity index is 1150. The summed E-state index contributed by atoms with van der Waals surface area (Å²) in [5.74, 6) is 2.31. The highest BCUT2D eigenvalue weighted by molar-refractivity contribution is 5.99. The molecule has 5 rings (SSSR count). The van der Waals surface area contributed by atoms with Crippen molar-refractivity contribution in [2.45, 2.75) is 0 Å². The van der Waals surface area contributed by atoms with Gasteiger partial charge in [-0.25, -0.2) is 14.8 Å². The number of ether oxygens (including phenoxy) is 2. The summed E-state index contributed by atoms with van der Waals surface area (Å²) in [6.45, 7) is 0.184. The summed E-state index contributed by atoms with van der Waals surface area (Å²) in [5.41, 5.74) is 3.02. The fourth-order valence-electron chi connectivity index (χ4n) is 2.96. The van der Waals surface area contributed by atoms with Gasteiger partial charge >= 0.3 is 6.03 Å². The number of nitrogens with one attached hydrogen (secondary N) is 3. The van der Waals surface area contributed by atoms with Gasteiger partial charge in [0.15, 0.2) is 17.3 Å². The molecule has 2 aromatic heterocycles. The Morgan fingerprint density at radius 3 is 2.75 bits per heavy atom. The van der Waals surface area contributed by atoms with E-state index in [1.165, 1.54) is 0 Å². The maximum absolute atomic E-state index is 12.3. The van der Waals surface area contributed by atoms with Gasteiger partial charge in [0.25, 0.3) is 0 Å². The first kappa shape index (κ1) is 16.1. The molecule has 0 atom stereocenters. The van der Waals surface area contributed by atoms with E-state index in [1.54, 1.807) is 24.3 Å². The summed E-state index contributed by atoms with van der Waals surface area (Å²) in [5, 5.41) is 5.48. The molecule has 28 heavy (non-hydrogen) atoms. The number of H-pyrrole nitrogens is 1. The van der Waals surface area contributed by atoms with Crippen LogP contribution in [-0.2, 0) is 0 Å². The number of carbonyl (C=O) groups is 1. The summed E-state index contributed by atoms with van der Waals surface area (Å²) in [7, 11) is 0. The lowest BCUT2D eigenvalue weighted by Crippen LogP contribution is -2.20. The number of urea groups is 1. The second kappa shape index (κ2) is 6.58. The van der Waals surface area contributed by atoms with Crippen LogP contribution in [-0.4, -0.2) is 27.8 Å². The number of rotatable bonds is 3. The Kier molecular flexibility index (Phi) is 3.79. The maximum Gasteiger partial charge on any atom is 0.324 e. The van der Waals surface area contributed by atoms with Gasteiger partial charge in [-0.3, -0.25) is 5.32 Å². The Morgan fingerprint density at radius 1 is 0.929 bits per heavy atom. The molecule has 1 aliphatic rings. The van der Waals surface area contributed by atoms with Crippen LogP contribution in [0.4, 0.5) is 16.3 Å². The van der Waals surface area contributed by atoms with Gasteiger partial charge in [-0.2, -0.15) is 0 Å². The smallest absolute Gasteiger partial charge is 0.324 e. The van der Waals surface area contributed by atoms with Crippen molar-refractivity contribution >= 4 is 28.6 Å². The van der Waals surface area contributed by atoms with Crippen molar-refractivity contribution in [2.75, 3.05) is 17.4 Å². The first-order valence-corrected chi connectivity index (χ1v) is 8.64. The highest BCUT2D eigenvalue weighted by atomic mass is 16.7. The molecule has 0 saturated heterocycles. The molecule has 1 aliphatic heterocycles. The predicted molar refractivity (Wildman–Crippen MR) is 105 cm³/mol. The molecule has 0 unspecified atom stereocenters. The number of benzene rings is 2. The first-order valence-electron chi connectivity index (χ1n) is 8.64. The minimum Gasteiger partial charge on any atom is -0.454 e. The zero-order chi connectivity index (χ0) is 18.9. The number of anilines is 2. The van der Waals surface area contributed by atoms with E-state index < -0.39 is 6.03 Å². The van der Waals surface area contributed by atoms with E-state index in [1.807, 2.05) is 36.4 Å². The number of nitrogens with zero attached hydrogens (tertiary/aromatic N) is 2. The third-order valence-corrected chi connectivity index (χ3v) is 4.25. The third-order valence-electron chi connectivity index (χ3n) is 4.25. The zero-order valence-corrected chi connectivity index (χ0v) is 14.6. The van der Waals surface area contributed by atoms with Gasteiger partial charge in [0.2, 0.25) is 6.79 Å². The third kappa shape index (κ3) is 3.07. The second-order valence-electron chi connectivity index (χ2n) is 6.16. The van der Waals surface area contributed by atoms with Gasteiger partial charge < -0.3 is 19.8 Å². The molecule has 4 aromatic rings. The molecule has 8 heteroatoms. The van der Waals surface area contributed by atoms with Crippen LogP contribution in [0.1, 0.15) is 0 Å². The predicted octanol–water partition coefficient (Wildman–Crippen LogP) is 4.00. The van der Waals surface area contributed by atoms with Crippen molar-refractivity contribution in [3.8, 4) is 23.0 Å². The van der Waals surface area contributed by atoms with Crippen molar-refractivity contribution in [2.24, 2.45) is 0 Å². The Balaban J connectivity index is 1.32. The number of aromatic nitrogens is 3. The lowest BCUT2D eigenvalue weighted by atomic mass is 10.3. The van der Waals surface area contributed by atoms with Crippen LogP contribution < -0.4 is 20.1 Å². The van der Waals surface area contributed by atoms with Crippen LogP contribution in [0.2, 0.25) is 0 Å². The quantitative estimate of drug-likeness (QED) is 0.504. The highest BCUT2D eigenvalue weighted by Crippen LogP contribution is 2.34. The number of fused-ring (bicyclic) bond motifs is 2. The molecule has 2 aromatic carbocycles. The van der Waals surface area contributed by atoms with E-state index in [0.29, 0.717) is 34.5 Å². The fourth-order valence-corrected chi connectivity index (χ4v) is 2.96. The van der Waals surface area contributed by atoms with E-state index in [2.05, 4.69) is 25.6 Å². The first-order chi connectivity index (χ1) is 13.7. The van der Waals surface area contributed by atoms with Crippen LogP contribution >= 0.6 is 0 Å². The lowest BCUT2D eigenvalue weighted by Gasteiger charge is -2.08. The fraction of sp³-hybridized carbons (Fsp3) is 0.0500. The monoisotopic (exact) mass is 373 g/mol. The van der Waals surface area contributed by atoms with Gasteiger partial charge in [-0.15, -0.1) is 0 Å². The van der Waals surface area contributed by atoms with Crippen molar-refractivity contribution in [1.82, 2.24) is 15.0 Å². The SMILES string of the molecule is O=C(Nc1ccc2c(c1)OCO2)Nc1cccc(-c2nc3ccccc3[nH]2)n1. The van der Waals surface area contributed by atoms with Crippen molar-refractivity contribution in [1.29, 1.82) is 0 Å². The Labute approximate surface area is 159 Å². The van der Waals surface area contributed by atoms with Crippen LogP contribution in [0.3, 0.4) is 0 Å². The van der Waals surface area contributed by atoms with E-state index in [-0.39, 0.29) is 6.79 Å². The van der Waals surface area contributed by atoms with Crippen molar-refractivity contribution in [3.05, 3.63) is 60.7 Å². The molecule has 8 nitrogen and oxygen atoms in total. The minimum absolute atomic E-state index is 0.184. The molecular weight excluding hydrogens is 358 g/mol. The highest BCUT2D eigenvalue weighted by Gasteiger charge is 2.14. The molecular formula is C20H15N5O3. The molecule has 0 saturated carbocycles. The number of para-hydroxylation sites is 2. The number of hydrogen-bond acceptors (Lipinski definition) is 5. The number of hydrogen-bond donors (Lipinski definition) is 3. The topological polar surface area (TPSA) is 101 Å². The standard InChI is InChI=1S/C20H15N5O3/c26-20(21-12-8-9-16-17(10-12)28-11-27-16)25-18-7-3-6-15(22-18)19-23-13-4-1-2-5-14(13)24-19/h1-10H,11H2,(H,23,24)(H2,21,22,25,26). The summed E-state index contributed by atoms with van der Waals surface area (Å²) >= 11 is 0. The number of amides is 2. The van der Waals surface area contributed by atoms with Crippen LogP contribution in [0.25, 0.3) is 22.6 Å². The van der Waals surface area contributed by atoms with Crippen LogP contribution in [0.5, 0.6) is 11.5 Å². The Morgan fingerprint density at radius 2 is 1.82 bits per heavy atom. The van der Waals surface area contributed by atoms with E-state index in [9.17, 15) is 4.79 Å². The largest absolute Gasteiger partial charge is 0.454 e. The Hall–Kier alpha value is -4.07. The molecule has 3 N–H and O–H groups in total. The van der Waals surface area contributed by atoms with E-state index >= 15 is 0 Å². The molecule has 0 fully saturated rings. The van der Waals surface area contributed by atoms with Crippen molar-refractivity contribution < 1.29 is 14.3 Å². The molecule has 0 aliphatic carbocycles. The molecule has 138 valence electrons. The van der Waals surface area contributed by atoms with Gasteiger partial charge in [0.05, 0.1) is 11.0 Å². The zero-order valence-electron chi connectivity index (χ0n) is 14.6. The number of aromatic amines is 1. The van der Waals surface area contributed by atoms with Gasteiger partial charge in [-0.05, 0) is 36.4 Å². The average Bonchev–Trinajstić information content (AvgIpc) is 3.34. The summed E-state index contributed by atoms with van der Waals surface area (Å²) in [6.07, 6.45) is 0. The lowest BCUT2D eigenvalue weighted by molar-refractivity contribution is 0.174. The van der Waals surface area contributed by atoms with E-state index in [4.69, 9.17) is 9.47 Å². The number of carbonyl (C=O) groups excluding carboxylic acids is 1. The average molecular weight is 373 g/mol. The van der Waals surface area contributed by atoms with Crippen LogP contribution in [0, 0.1) is 0 Å². The molecule has 0 radical (unpaired) electrons. The molecule has 0 spiro atoms. The normalized spacial score (nSPS) is 12.1. The van der Waals surface area contributed by atoms with Gasteiger partial charge in [0.1, 0.15) is 11.5 Å². The summed E-state index contributed by atoms with van der Waals surface area (Å²) < 4.78 is 10.6. The minimum atomic E-state index is -0.409. The summed E-state index contributed by atoms with van der Waals surface area (Å²) in [4.78, 5) is 24.5. The summed E-state index contributed by atoms with van der Waals surface area (Å²) in [6, 6.07) is 17.9. The maximum atomic E-state index is 12.3. The number of imidazole rings is 1. The van der Waals surface area contributed by atoms with Crippen molar-refractivity contribution in [3.63, 3.8) is 0 Å². The van der Waals surface area contributed by atoms with Crippen LogP contribution in [0.15, 0.2) is 60.7 Å². The second-order valence-corrected chi connectivity index (χ2v) is 6.16. The molecule has 2 amide bonds. The number of pyridine rings is 1. The van der Waals surface area contributed by atoms with E-state index in [0.717, 1.165) is 11.0 Å². The molecule has 3 heterocycles.